The Morgan fingerprint density at radius 2 is 1.97 bits per heavy atom. The van der Waals surface area contributed by atoms with E-state index in [-0.39, 0.29) is 11.8 Å². The van der Waals surface area contributed by atoms with Gasteiger partial charge < -0.3 is 4.90 Å². The molecule has 0 aromatic carbocycles. The van der Waals surface area contributed by atoms with Crippen LogP contribution in [-0.4, -0.2) is 63.3 Å². The summed E-state index contributed by atoms with van der Waals surface area (Å²) in [4.78, 5) is 14.7. The number of amides is 1. The third-order valence-corrected chi connectivity index (χ3v) is 5.38. The summed E-state index contributed by atoms with van der Waals surface area (Å²) in [6.07, 6.45) is 5.20. The van der Waals surface area contributed by atoms with Crippen LogP contribution in [0.4, 0.5) is 0 Å². The van der Waals surface area contributed by atoms with Gasteiger partial charge in [0.15, 0.2) is 17.3 Å². The molecule has 1 aliphatic rings. The van der Waals surface area contributed by atoms with Crippen LogP contribution in [0.1, 0.15) is 40.8 Å². The Hall–Kier alpha value is -3.56. The van der Waals surface area contributed by atoms with Gasteiger partial charge in [0.25, 0.3) is 5.91 Å². The number of fused-ring (bicyclic) bond motifs is 1. The Morgan fingerprint density at radius 3 is 2.66 bits per heavy atom. The van der Waals surface area contributed by atoms with Crippen molar-refractivity contribution in [3.63, 3.8) is 0 Å². The highest BCUT2D eigenvalue weighted by molar-refractivity contribution is 5.92. The van der Waals surface area contributed by atoms with Gasteiger partial charge in [-0.05, 0) is 44.0 Å². The van der Waals surface area contributed by atoms with Crippen LogP contribution in [0.3, 0.4) is 0 Å². The molecule has 0 unspecified atom stereocenters. The Kier molecular flexibility index (Phi) is 4.11. The van der Waals surface area contributed by atoms with Crippen LogP contribution in [0, 0.1) is 6.92 Å². The lowest BCUT2D eigenvalue weighted by molar-refractivity contribution is 0.0699. The first-order valence-corrected chi connectivity index (χ1v) is 9.62. The SMILES string of the molecule is Cc1cc(C(=O)N2CCC(c3nnc4ccc(-n5cccn5)nn34)CC2)n(C)n1. The number of nitrogens with zero attached hydrogens (tertiary/aromatic N) is 9. The molecule has 0 aliphatic carbocycles. The summed E-state index contributed by atoms with van der Waals surface area (Å²) in [5.41, 5.74) is 2.18. The third-order valence-electron chi connectivity index (χ3n) is 5.38. The van der Waals surface area contributed by atoms with E-state index in [1.165, 1.54) is 0 Å². The van der Waals surface area contributed by atoms with Crippen molar-refractivity contribution in [1.29, 1.82) is 0 Å². The number of hydrogen-bond acceptors (Lipinski definition) is 6. The standard InChI is InChI=1S/C19H21N9O/c1-13-12-15(25(2)23-13)19(29)26-10-6-14(7-11-26)18-22-21-16-4-5-17(24-28(16)18)27-9-3-8-20-27/h3-5,8-9,12,14H,6-7,10-11H2,1-2H3. The number of rotatable bonds is 3. The van der Waals surface area contributed by atoms with Gasteiger partial charge in [-0.1, -0.05) is 0 Å². The molecule has 5 rings (SSSR count). The maximum Gasteiger partial charge on any atom is 0.272 e. The van der Waals surface area contributed by atoms with Crippen LogP contribution in [0.25, 0.3) is 11.5 Å². The zero-order valence-electron chi connectivity index (χ0n) is 16.3. The van der Waals surface area contributed by atoms with E-state index in [4.69, 9.17) is 0 Å². The largest absolute Gasteiger partial charge is 0.337 e. The zero-order valence-corrected chi connectivity index (χ0v) is 16.3. The molecule has 0 bridgehead atoms. The predicted molar refractivity (Wildman–Crippen MR) is 104 cm³/mol. The van der Waals surface area contributed by atoms with Crippen LogP contribution in [0.2, 0.25) is 0 Å². The molecule has 0 saturated carbocycles. The molecule has 1 fully saturated rings. The van der Waals surface area contributed by atoms with Crippen LogP contribution >= 0.6 is 0 Å². The van der Waals surface area contributed by atoms with E-state index in [0.717, 1.165) is 24.4 Å². The Balaban J connectivity index is 1.35. The van der Waals surface area contributed by atoms with Crippen molar-refractivity contribution in [2.24, 2.45) is 7.05 Å². The third kappa shape index (κ3) is 3.06. The lowest BCUT2D eigenvalue weighted by atomic mass is 9.96. The average molecular weight is 391 g/mol. The predicted octanol–water partition coefficient (Wildman–Crippen LogP) is 1.37. The second-order valence-corrected chi connectivity index (χ2v) is 7.33. The molecule has 4 aromatic rings. The lowest BCUT2D eigenvalue weighted by Gasteiger charge is -2.31. The smallest absolute Gasteiger partial charge is 0.272 e. The Bertz CT molecular complexity index is 1170. The fourth-order valence-corrected chi connectivity index (χ4v) is 3.89. The summed E-state index contributed by atoms with van der Waals surface area (Å²) < 4.78 is 5.15. The van der Waals surface area contributed by atoms with Crippen LogP contribution in [0.5, 0.6) is 0 Å². The molecule has 0 N–H and O–H groups in total. The highest BCUT2D eigenvalue weighted by atomic mass is 16.2. The molecule has 5 heterocycles. The summed E-state index contributed by atoms with van der Waals surface area (Å²) >= 11 is 0. The van der Waals surface area contributed by atoms with E-state index < -0.39 is 0 Å². The number of aryl methyl sites for hydroxylation is 2. The average Bonchev–Trinajstić information content (AvgIpc) is 3.47. The highest BCUT2D eigenvalue weighted by Gasteiger charge is 2.29. The summed E-state index contributed by atoms with van der Waals surface area (Å²) in [7, 11) is 1.80. The highest BCUT2D eigenvalue weighted by Crippen LogP contribution is 2.27. The number of hydrogen-bond donors (Lipinski definition) is 0. The van der Waals surface area contributed by atoms with Crippen molar-refractivity contribution in [2.45, 2.75) is 25.7 Å². The van der Waals surface area contributed by atoms with Crippen LogP contribution in [0.15, 0.2) is 36.7 Å². The van der Waals surface area contributed by atoms with Gasteiger partial charge in [0.2, 0.25) is 0 Å². The summed E-state index contributed by atoms with van der Waals surface area (Å²) in [6.45, 7) is 3.23. The van der Waals surface area contributed by atoms with Crippen molar-refractivity contribution >= 4 is 11.6 Å². The first kappa shape index (κ1) is 17.5. The second kappa shape index (κ2) is 6.80. The van der Waals surface area contributed by atoms with Gasteiger partial charge in [-0.3, -0.25) is 9.48 Å². The topological polar surface area (TPSA) is 99.0 Å². The molecule has 10 heteroatoms. The summed E-state index contributed by atoms with van der Waals surface area (Å²) in [5.74, 6) is 1.76. The fourth-order valence-electron chi connectivity index (χ4n) is 3.89. The molecule has 0 atom stereocenters. The van der Waals surface area contributed by atoms with Crippen molar-refractivity contribution in [3.8, 4) is 5.82 Å². The molecular formula is C19H21N9O. The first-order valence-electron chi connectivity index (χ1n) is 9.62. The molecular weight excluding hydrogens is 370 g/mol. The van der Waals surface area contributed by atoms with E-state index in [2.05, 4.69) is 25.5 Å². The van der Waals surface area contributed by atoms with Gasteiger partial charge >= 0.3 is 0 Å². The number of carbonyl (C=O) groups excluding carboxylic acids is 1. The maximum atomic E-state index is 12.8. The van der Waals surface area contributed by atoms with Gasteiger partial charge in [-0.2, -0.15) is 14.7 Å². The number of aromatic nitrogens is 8. The van der Waals surface area contributed by atoms with E-state index in [0.29, 0.717) is 30.2 Å². The van der Waals surface area contributed by atoms with Gasteiger partial charge in [0.05, 0.1) is 5.69 Å². The van der Waals surface area contributed by atoms with Crippen LogP contribution in [-0.2, 0) is 7.05 Å². The van der Waals surface area contributed by atoms with Crippen LogP contribution < -0.4 is 0 Å². The number of carbonyl (C=O) groups is 1. The van der Waals surface area contributed by atoms with Gasteiger partial charge in [-0.15, -0.1) is 15.3 Å². The molecule has 10 nitrogen and oxygen atoms in total. The minimum atomic E-state index is 0.0248. The minimum absolute atomic E-state index is 0.0248. The van der Waals surface area contributed by atoms with E-state index >= 15 is 0 Å². The second-order valence-electron chi connectivity index (χ2n) is 7.33. The monoisotopic (exact) mass is 391 g/mol. The quantitative estimate of drug-likeness (QED) is 0.523. The molecule has 148 valence electrons. The van der Waals surface area contributed by atoms with E-state index in [1.54, 1.807) is 27.1 Å². The summed E-state index contributed by atoms with van der Waals surface area (Å²) in [5, 5.41) is 21.8. The molecule has 0 radical (unpaired) electrons. The van der Waals surface area contributed by atoms with Crippen molar-refractivity contribution in [2.75, 3.05) is 13.1 Å². The first-order chi connectivity index (χ1) is 14.1. The summed E-state index contributed by atoms with van der Waals surface area (Å²) in [6, 6.07) is 7.46. The molecule has 29 heavy (non-hydrogen) atoms. The Labute approximate surface area is 166 Å². The molecule has 0 spiro atoms. The number of piperidine rings is 1. The lowest BCUT2D eigenvalue weighted by Crippen LogP contribution is -2.39. The van der Waals surface area contributed by atoms with Gasteiger partial charge in [-0.25, -0.2) is 4.68 Å². The number of likely N-dealkylation sites (tertiary alicyclic amines) is 1. The van der Waals surface area contributed by atoms with Crippen molar-refractivity contribution < 1.29 is 4.79 Å². The maximum absolute atomic E-state index is 12.8. The molecule has 1 saturated heterocycles. The van der Waals surface area contributed by atoms with Gasteiger partial charge in [0.1, 0.15) is 5.69 Å². The fraction of sp³-hybridized carbons (Fsp3) is 0.368. The Morgan fingerprint density at radius 1 is 1.14 bits per heavy atom. The van der Waals surface area contributed by atoms with Crippen molar-refractivity contribution in [3.05, 3.63) is 53.9 Å². The minimum Gasteiger partial charge on any atom is -0.337 e. The molecule has 1 amide bonds. The van der Waals surface area contributed by atoms with Gasteiger partial charge in [0, 0.05) is 38.4 Å². The molecule has 1 aliphatic heterocycles. The molecule has 4 aromatic heterocycles. The van der Waals surface area contributed by atoms with E-state index in [9.17, 15) is 4.79 Å². The normalized spacial score (nSPS) is 15.3. The van der Waals surface area contributed by atoms with Crippen molar-refractivity contribution in [1.82, 2.24) is 44.3 Å². The van der Waals surface area contributed by atoms with E-state index in [1.807, 2.05) is 42.3 Å². The zero-order chi connectivity index (χ0) is 20.0.